The SMILES string of the molecule is Cc1ccc(CN2C(=O)N/C(=C/c3ccc(Br)cc3)C2=O)cc1. The third-order valence-corrected chi connectivity index (χ3v) is 4.13. The van der Waals surface area contributed by atoms with Crippen LogP contribution >= 0.6 is 15.9 Å². The lowest BCUT2D eigenvalue weighted by Gasteiger charge is -2.11. The summed E-state index contributed by atoms with van der Waals surface area (Å²) in [7, 11) is 0. The zero-order chi connectivity index (χ0) is 16.4. The van der Waals surface area contributed by atoms with Crippen LogP contribution in [-0.4, -0.2) is 16.8 Å². The molecule has 1 aliphatic heterocycles. The van der Waals surface area contributed by atoms with E-state index in [0.29, 0.717) is 5.70 Å². The van der Waals surface area contributed by atoms with Crippen LogP contribution in [0.15, 0.2) is 58.7 Å². The van der Waals surface area contributed by atoms with Crippen LogP contribution in [-0.2, 0) is 11.3 Å². The van der Waals surface area contributed by atoms with Gasteiger partial charge in [-0.1, -0.05) is 57.9 Å². The highest BCUT2D eigenvalue weighted by Crippen LogP contribution is 2.18. The molecule has 1 aliphatic rings. The summed E-state index contributed by atoms with van der Waals surface area (Å²) < 4.78 is 0.961. The van der Waals surface area contributed by atoms with Gasteiger partial charge in [0, 0.05) is 4.47 Å². The first-order valence-corrected chi connectivity index (χ1v) is 7.98. The number of carbonyl (C=O) groups excluding carboxylic acids is 2. The van der Waals surface area contributed by atoms with Gasteiger partial charge in [-0.3, -0.25) is 9.69 Å². The molecule has 0 aliphatic carbocycles. The van der Waals surface area contributed by atoms with Crippen LogP contribution in [0, 0.1) is 6.92 Å². The Hall–Kier alpha value is -2.40. The van der Waals surface area contributed by atoms with Crippen LogP contribution in [0.2, 0.25) is 0 Å². The number of halogens is 1. The number of carbonyl (C=O) groups is 2. The summed E-state index contributed by atoms with van der Waals surface area (Å²) in [6.45, 7) is 2.26. The van der Waals surface area contributed by atoms with Gasteiger partial charge < -0.3 is 5.32 Å². The third kappa shape index (κ3) is 3.51. The summed E-state index contributed by atoms with van der Waals surface area (Å²) in [5.41, 5.74) is 3.21. The van der Waals surface area contributed by atoms with Gasteiger partial charge in [-0.15, -0.1) is 0 Å². The Balaban J connectivity index is 1.79. The summed E-state index contributed by atoms with van der Waals surface area (Å²) in [5, 5.41) is 2.64. The minimum Gasteiger partial charge on any atom is -0.303 e. The van der Waals surface area contributed by atoms with Crippen molar-refractivity contribution >= 4 is 33.9 Å². The summed E-state index contributed by atoms with van der Waals surface area (Å²) in [4.78, 5) is 25.7. The van der Waals surface area contributed by atoms with E-state index in [1.807, 2.05) is 55.5 Å². The fraction of sp³-hybridized carbons (Fsp3) is 0.111. The molecule has 3 rings (SSSR count). The van der Waals surface area contributed by atoms with Crippen LogP contribution < -0.4 is 5.32 Å². The lowest BCUT2D eigenvalue weighted by atomic mass is 10.1. The standard InChI is InChI=1S/C18H15BrN2O2/c1-12-2-4-14(5-3-12)11-21-17(22)16(20-18(21)23)10-13-6-8-15(19)9-7-13/h2-10H,11H2,1H3,(H,20,23)/b16-10+. The number of aryl methyl sites for hydroxylation is 1. The topological polar surface area (TPSA) is 49.4 Å². The van der Waals surface area contributed by atoms with E-state index in [2.05, 4.69) is 21.2 Å². The number of benzene rings is 2. The minimum absolute atomic E-state index is 0.266. The summed E-state index contributed by atoms with van der Waals surface area (Å²) >= 11 is 3.37. The molecular formula is C18H15BrN2O2. The van der Waals surface area contributed by atoms with Gasteiger partial charge in [0.15, 0.2) is 0 Å². The van der Waals surface area contributed by atoms with Crippen LogP contribution in [0.4, 0.5) is 4.79 Å². The number of nitrogens with zero attached hydrogens (tertiary/aromatic N) is 1. The maximum atomic E-state index is 12.4. The van der Waals surface area contributed by atoms with Crippen LogP contribution in [0.3, 0.4) is 0 Å². The third-order valence-electron chi connectivity index (χ3n) is 3.60. The Morgan fingerprint density at radius 2 is 1.70 bits per heavy atom. The molecule has 5 heteroatoms. The fourth-order valence-electron chi connectivity index (χ4n) is 2.32. The van der Waals surface area contributed by atoms with Gasteiger partial charge in [0.25, 0.3) is 5.91 Å². The number of imide groups is 1. The van der Waals surface area contributed by atoms with Crippen molar-refractivity contribution in [2.45, 2.75) is 13.5 Å². The van der Waals surface area contributed by atoms with Crippen molar-refractivity contribution < 1.29 is 9.59 Å². The monoisotopic (exact) mass is 370 g/mol. The minimum atomic E-state index is -0.390. The second-order valence-corrected chi connectivity index (χ2v) is 6.33. The molecule has 0 aromatic heterocycles. The van der Waals surface area contributed by atoms with E-state index < -0.39 is 0 Å². The number of hydrogen-bond acceptors (Lipinski definition) is 2. The number of nitrogens with one attached hydrogen (secondary N) is 1. The molecule has 4 nitrogen and oxygen atoms in total. The molecule has 2 aromatic rings. The average molecular weight is 371 g/mol. The van der Waals surface area contributed by atoms with E-state index >= 15 is 0 Å². The van der Waals surface area contributed by atoms with Crippen molar-refractivity contribution in [2.24, 2.45) is 0 Å². The van der Waals surface area contributed by atoms with E-state index in [4.69, 9.17) is 0 Å². The van der Waals surface area contributed by atoms with Crippen molar-refractivity contribution in [3.63, 3.8) is 0 Å². The molecule has 2 aromatic carbocycles. The Kier molecular flexibility index (Phi) is 4.30. The number of urea groups is 1. The molecule has 0 spiro atoms. The van der Waals surface area contributed by atoms with E-state index in [0.717, 1.165) is 21.2 Å². The molecule has 1 N–H and O–H groups in total. The first-order valence-electron chi connectivity index (χ1n) is 7.18. The van der Waals surface area contributed by atoms with Crippen molar-refractivity contribution in [1.29, 1.82) is 0 Å². The fourth-order valence-corrected chi connectivity index (χ4v) is 2.58. The molecular weight excluding hydrogens is 356 g/mol. The lowest BCUT2D eigenvalue weighted by molar-refractivity contribution is -0.123. The number of amides is 3. The predicted molar refractivity (Wildman–Crippen MR) is 92.4 cm³/mol. The van der Waals surface area contributed by atoms with Crippen molar-refractivity contribution in [2.75, 3.05) is 0 Å². The van der Waals surface area contributed by atoms with Gasteiger partial charge in [-0.2, -0.15) is 0 Å². The molecule has 3 amide bonds. The van der Waals surface area contributed by atoms with Crippen LogP contribution in [0.5, 0.6) is 0 Å². The maximum absolute atomic E-state index is 12.4. The molecule has 1 fully saturated rings. The van der Waals surface area contributed by atoms with Crippen LogP contribution in [0.1, 0.15) is 16.7 Å². The molecule has 0 atom stereocenters. The molecule has 23 heavy (non-hydrogen) atoms. The Morgan fingerprint density at radius 1 is 1.04 bits per heavy atom. The van der Waals surface area contributed by atoms with Crippen molar-refractivity contribution in [3.05, 3.63) is 75.4 Å². The molecule has 0 saturated carbocycles. The number of rotatable bonds is 3. The lowest BCUT2D eigenvalue weighted by Crippen LogP contribution is -2.30. The first kappa shape index (κ1) is 15.5. The second kappa shape index (κ2) is 6.38. The Bertz CT molecular complexity index is 780. The van der Waals surface area contributed by atoms with E-state index in [1.165, 1.54) is 4.90 Å². The van der Waals surface area contributed by atoms with Gasteiger partial charge >= 0.3 is 6.03 Å². The molecule has 1 saturated heterocycles. The largest absolute Gasteiger partial charge is 0.329 e. The van der Waals surface area contributed by atoms with Crippen molar-refractivity contribution in [3.8, 4) is 0 Å². The van der Waals surface area contributed by atoms with E-state index in [9.17, 15) is 9.59 Å². The second-order valence-electron chi connectivity index (χ2n) is 5.42. The summed E-state index contributed by atoms with van der Waals surface area (Å²) in [6, 6.07) is 14.9. The highest BCUT2D eigenvalue weighted by Gasteiger charge is 2.33. The van der Waals surface area contributed by atoms with Crippen LogP contribution in [0.25, 0.3) is 6.08 Å². The van der Waals surface area contributed by atoms with Crippen molar-refractivity contribution in [1.82, 2.24) is 10.2 Å². The normalized spacial score (nSPS) is 16.1. The zero-order valence-electron chi connectivity index (χ0n) is 12.5. The van der Waals surface area contributed by atoms with Gasteiger partial charge in [0.2, 0.25) is 0 Å². The first-order chi connectivity index (χ1) is 11.0. The number of hydrogen-bond donors (Lipinski definition) is 1. The molecule has 0 bridgehead atoms. The Morgan fingerprint density at radius 3 is 2.35 bits per heavy atom. The smallest absolute Gasteiger partial charge is 0.303 e. The van der Waals surface area contributed by atoms with E-state index in [-0.39, 0.29) is 18.5 Å². The van der Waals surface area contributed by atoms with Gasteiger partial charge in [-0.25, -0.2) is 4.79 Å². The highest BCUT2D eigenvalue weighted by atomic mass is 79.9. The predicted octanol–water partition coefficient (Wildman–Crippen LogP) is 3.85. The highest BCUT2D eigenvalue weighted by molar-refractivity contribution is 9.10. The van der Waals surface area contributed by atoms with Gasteiger partial charge in [0.05, 0.1) is 6.54 Å². The summed E-state index contributed by atoms with van der Waals surface area (Å²) in [5.74, 6) is -0.307. The zero-order valence-corrected chi connectivity index (χ0v) is 14.1. The van der Waals surface area contributed by atoms with E-state index in [1.54, 1.807) is 6.08 Å². The molecule has 116 valence electrons. The maximum Gasteiger partial charge on any atom is 0.329 e. The van der Waals surface area contributed by atoms with Gasteiger partial charge in [0.1, 0.15) is 5.70 Å². The summed E-state index contributed by atoms with van der Waals surface area (Å²) in [6.07, 6.45) is 1.68. The Labute approximate surface area is 142 Å². The quantitative estimate of drug-likeness (QED) is 0.658. The average Bonchev–Trinajstić information content (AvgIpc) is 2.79. The molecule has 1 heterocycles. The molecule has 0 radical (unpaired) electrons. The molecule has 0 unspecified atom stereocenters. The van der Waals surface area contributed by atoms with Gasteiger partial charge in [-0.05, 0) is 36.3 Å².